The van der Waals surface area contributed by atoms with E-state index in [1.54, 1.807) is 6.07 Å². The first kappa shape index (κ1) is 18.0. The average molecular weight is 366 g/mol. The van der Waals surface area contributed by atoms with Crippen molar-refractivity contribution in [2.45, 2.75) is 19.2 Å². The van der Waals surface area contributed by atoms with Gasteiger partial charge in [0.25, 0.3) is 0 Å². The van der Waals surface area contributed by atoms with E-state index in [0.29, 0.717) is 43.0 Å². The number of primary amides is 1. The number of halogens is 3. The molecule has 1 amide bonds. The summed E-state index contributed by atoms with van der Waals surface area (Å²) in [4.78, 5) is 21.7. The van der Waals surface area contributed by atoms with Crippen LogP contribution in [0.5, 0.6) is 5.75 Å². The van der Waals surface area contributed by atoms with Gasteiger partial charge in [0.15, 0.2) is 0 Å². The summed E-state index contributed by atoms with van der Waals surface area (Å²) in [5.74, 6) is 0.0144. The highest BCUT2D eigenvalue weighted by Gasteiger charge is 2.31. The number of piperidine rings is 1. The lowest BCUT2D eigenvalue weighted by molar-refractivity contribution is -0.274. The quantitative estimate of drug-likeness (QED) is 0.900. The fraction of sp³-hybridized carbons (Fsp3) is 0.353. The van der Waals surface area contributed by atoms with Gasteiger partial charge in [-0.3, -0.25) is 4.79 Å². The van der Waals surface area contributed by atoms with Gasteiger partial charge in [0.05, 0.1) is 5.69 Å². The molecule has 0 aliphatic carbocycles. The van der Waals surface area contributed by atoms with Crippen molar-refractivity contribution in [1.29, 1.82) is 0 Å². The summed E-state index contributed by atoms with van der Waals surface area (Å²) >= 11 is 0. The van der Waals surface area contributed by atoms with Crippen molar-refractivity contribution < 1.29 is 22.7 Å². The normalized spacial score (nSPS) is 15.7. The van der Waals surface area contributed by atoms with Gasteiger partial charge in [-0.05, 0) is 37.1 Å². The number of hydrogen-bond donors (Lipinski definition) is 1. The molecule has 26 heavy (non-hydrogen) atoms. The molecule has 3 rings (SSSR count). The lowest BCUT2D eigenvalue weighted by Gasteiger charge is -2.31. The Morgan fingerprint density at radius 2 is 1.81 bits per heavy atom. The summed E-state index contributed by atoms with van der Waals surface area (Å²) in [6.45, 7) is 1.31. The molecule has 0 unspecified atom stereocenters. The third-order valence-corrected chi connectivity index (χ3v) is 4.26. The van der Waals surface area contributed by atoms with Crippen LogP contribution in [0.4, 0.5) is 19.0 Å². The van der Waals surface area contributed by atoms with E-state index in [2.05, 4.69) is 14.7 Å². The number of ether oxygens (including phenoxy) is 1. The van der Waals surface area contributed by atoms with Crippen LogP contribution in [0.2, 0.25) is 0 Å². The molecule has 1 aromatic heterocycles. The first-order valence-corrected chi connectivity index (χ1v) is 8.04. The summed E-state index contributed by atoms with van der Waals surface area (Å²) < 4.78 is 40.5. The molecule has 6 nitrogen and oxygen atoms in total. The highest BCUT2D eigenvalue weighted by atomic mass is 19.4. The smallest absolute Gasteiger partial charge is 0.406 e. The van der Waals surface area contributed by atoms with E-state index in [4.69, 9.17) is 5.73 Å². The summed E-state index contributed by atoms with van der Waals surface area (Å²) in [5.41, 5.74) is 6.58. The number of hydrogen-bond acceptors (Lipinski definition) is 5. The van der Waals surface area contributed by atoms with Gasteiger partial charge in [0.1, 0.15) is 17.9 Å². The van der Waals surface area contributed by atoms with E-state index >= 15 is 0 Å². The van der Waals surface area contributed by atoms with Crippen LogP contribution in [0.15, 0.2) is 36.7 Å². The maximum Gasteiger partial charge on any atom is 0.573 e. The van der Waals surface area contributed by atoms with Crippen molar-refractivity contribution in [3.63, 3.8) is 0 Å². The van der Waals surface area contributed by atoms with Crippen molar-refractivity contribution in [2.24, 2.45) is 11.7 Å². The van der Waals surface area contributed by atoms with Crippen molar-refractivity contribution in [1.82, 2.24) is 9.97 Å². The molecular formula is C17H17F3N4O2. The number of carbonyl (C=O) groups excluding carboxylic acids is 1. The zero-order chi connectivity index (χ0) is 18.7. The number of carbonyl (C=O) groups is 1. The molecule has 1 saturated heterocycles. The largest absolute Gasteiger partial charge is 0.573 e. The number of alkyl halides is 3. The van der Waals surface area contributed by atoms with Crippen LogP contribution < -0.4 is 15.4 Å². The zero-order valence-corrected chi connectivity index (χ0v) is 13.7. The number of benzene rings is 1. The molecule has 2 aromatic rings. The van der Waals surface area contributed by atoms with Crippen LogP contribution in [0.1, 0.15) is 12.8 Å². The van der Waals surface area contributed by atoms with Gasteiger partial charge >= 0.3 is 6.36 Å². The van der Waals surface area contributed by atoms with Crippen LogP contribution in [-0.2, 0) is 4.79 Å². The molecule has 1 aromatic carbocycles. The minimum absolute atomic E-state index is 0.117. The van der Waals surface area contributed by atoms with Gasteiger partial charge < -0.3 is 15.4 Å². The first-order valence-electron chi connectivity index (χ1n) is 8.04. The maximum atomic E-state index is 12.2. The number of nitrogens with two attached hydrogens (primary N) is 1. The molecule has 0 spiro atoms. The van der Waals surface area contributed by atoms with E-state index in [1.807, 2.05) is 4.90 Å². The van der Waals surface area contributed by atoms with Crippen LogP contribution in [0.3, 0.4) is 0 Å². The Morgan fingerprint density at radius 3 is 2.38 bits per heavy atom. The Bertz CT molecular complexity index is 772. The van der Waals surface area contributed by atoms with Gasteiger partial charge in [-0.25, -0.2) is 9.97 Å². The van der Waals surface area contributed by atoms with Crippen molar-refractivity contribution in [3.05, 3.63) is 36.7 Å². The number of nitrogens with zero attached hydrogens (tertiary/aromatic N) is 3. The third kappa shape index (κ3) is 4.41. The molecule has 138 valence electrons. The van der Waals surface area contributed by atoms with E-state index in [-0.39, 0.29) is 17.6 Å². The van der Waals surface area contributed by atoms with Gasteiger partial charge in [-0.1, -0.05) is 0 Å². The minimum Gasteiger partial charge on any atom is -0.406 e. The molecule has 0 radical (unpaired) electrons. The highest BCUT2D eigenvalue weighted by Crippen LogP contribution is 2.28. The molecule has 0 atom stereocenters. The van der Waals surface area contributed by atoms with E-state index in [9.17, 15) is 18.0 Å². The SMILES string of the molecule is NC(=O)C1CCN(c2cc(-c3ccc(OC(F)(F)F)cc3)ncn2)CC1. The molecule has 9 heteroatoms. The molecule has 0 bridgehead atoms. The minimum atomic E-state index is -4.72. The Kier molecular flexibility index (Phi) is 4.97. The van der Waals surface area contributed by atoms with Crippen LogP contribution in [0, 0.1) is 5.92 Å². The standard InChI is InChI=1S/C17H17F3N4O2/c18-17(19,20)26-13-3-1-11(2-4-13)14-9-15(23-10-22-14)24-7-5-12(6-8-24)16(21)25/h1-4,9-10,12H,5-8H2,(H2,21,25). The molecule has 1 aliphatic rings. The Balaban J connectivity index is 1.72. The number of aromatic nitrogens is 2. The van der Waals surface area contributed by atoms with Gasteiger partial charge in [0, 0.05) is 30.6 Å². The Hall–Kier alpha value is -2.84. The van der Waals surface area contributed by atoms with Crippen LogP contribution in [-0.4, -0.2) is 35.3 Å². The number of anilines is 1. The Labute approximate surface area is 147 Å². The zero-order valence-electron chi connectivity index (χ0n) is 13.7. The summed E-state index contributed by atoms with van der Waals surface area (Å²) in [6.07, 6.45) is -1.98. The molecule has 1 fully saturated rings. The molecular weight excluding hydrogens is 349 g/mol. The van der Waals surface area contributed by atoms with Crippen molar-refractivity contribution in [2.75, 3.05) is 18.0 Å². The fourth-order valence-electron chi connectivity index (χ4n) is 2.90. The van der Waals surface area contributed by atoms with Gasteiger partial charge in [-0.15, -0.1) is 13.2 Å². The number of rotatable bonds is 4. The summed E-state index contributed by atoms with van der Waals surface area (Å²) in [7, 11) is 0. The van der Waals surface area contributed by atoms with E-state index in [0.717, 1.165) is 0 Å². The second kappa shape index (κ2) is 7.19. The van der Waals surface area contributed by atoms with Crippen LogP contribution in [0.25, 0.3) is 11.3 Å². The first-order chi connectivity index (χ1) is 12.3. The van der Waals surface area contributed by atoms with Gasteiger partial charge in [0.2, 0.25) is 5.91 Å². The monoisotopic (exact) mass is 366 g/mol. The van der Waals surface area contributed by atoms with E-state index < -0.39 is 6.36 Å². The summed E-state index contributed by atoms with van der Waals surface area (Å²) in [6, 6.07) is 7.26. The van der Waals surface area contributed by atoms with Crippen molar-refractivity contribution in [3.8, 4) is 17.0 Å². The fourth-order valence-corrected chi connectivity index (χ4v) is 2.90. The van der Waals surface area contributed by atoms with Gasteiger partial charge in [-0.2, -0.15) is 0 Å². The number of amides is 1. The van der Waals surface area contributed by atoms with E-state index in [1.165, 1.54) is 30.6 Å². The lowest BCUT2D eigenvalue weighted by atomic mass is 9.96. The Morgan fingerprint density at radius 1 is 1.15 bits per heavy atom. The molecule has 2 heterocycles. The molecule has 2 N–H and O–H groups in total. The lowest BCUT2D eigenvalue weighted by Crippen LogP contribution is -2.38. The average Bonchev–Trinajstić information content (AvgIpc) is 2.61. The predicted molar refractivity (Wildman–Crippen MR) is 88.3 cm³/mol. The van der Waals surface area contributed by atoms with Crippen LogP contribution >= 0.6 is 0 Å². The second-order valence-electron chi connectivity index (χ2n) is 6.00. The third-order valence-electron chi connectivity index (χ3n) is 4.26. The predicted octanol–water partition coefficient (Wildman–Crippen LogP) is 2.74. The summed E-state index contributed by atoms with van der Waals surface area (Å²) in [5, 5.41) is 0. The molecule has 0 saturated carbocycles. The molecule has 1 aliphatic heterocycles. The van der Waals surface area contributed by atoms with Crippen molar-refractivity contribution >= 4 is 11.7 Å². The second-order valence-corrected chi connectivity index (χ2v) is 6.00. The highest BCUT2D eigenvalue weighted by molar-refractivity contribution is 5.77. The topological polar surface area (TPSA) is 81.3 Å². The maximum absolute atomic E-state index is 12.2.